The predicted molar refractivity (Wildman–Crippen MR) is 73.0 cm³/mol. The van der Waals surface area contributed by atoms with Crippen LogP contribution in [0.4, 0.5) is 5.69 Å². The van der Waals surface area contributed by atoms with Gasteiger partial charge in [0, 0.05) is 16.7 Å². The van der Waals surface area contributed by atoms with Crippen LogP contribution in [0.2, 0.25) is 4.34 Å². The van der Waals surface area contributed by atoms with Crippen molar-refractivity contribution in [3.05, 3.63) is 51.2 Å². The van der Waals surface area contributed by atoms with Gasteiger partial charge in [0.2, 0.25) is 0 Å². The van der Waals surface area contributed by atoms with Crippen molar-refractivity contribution in [2.45, 2.75) is 6.92 Å². The van der Waals surface area contributed by atoms with Crippen molar-refractivity contribution in [1.82, 2.24) is 0 Å². The molecule has 0 unspecified atom stereocenters. The number of thiophene rings is 1. The van der Waals surface area contributed by atoms with Gasteiger partial charge in [-0.1, -0.05) is 11.6 Å². The molecule has 0 aliphatic heterocycles. The van der Waals surface area contributed by atoms with E-state index in [2.05, 4.69) is 4.99 Å². The van der Waals surface area contributed by atoms with Gasteiger partial charge in [-0.3, -0.25) is 9.79 Å². The molecule has 0 aliphatic rings. The van der Waals surface area contributed by atoms with E-state index in [0.717, 1.165) is 14.9 Å². The van der Waals surface area contributed by atoms with Crippen molar-refractivity contribution >= 4 is 40.6 Å². The third kappa shape index (κ3) is 3.25. The van der Waals surface area contributed by atoms with Crippen LogP contribution in [0.3, 0.4) is 0 Å². The summed E-state index contributed by atoms with van der Waals surface area (Å²) in [6.07, 6.45) is 1.76. The molecule has 2 rings (SSSR count). The number of aliphatic imine (C=N–C) groups is 1. The second-order valence-corrected chi connectivity index (χ2v) is 5.25. The summed E-state index contributed by atoms with van der Waals surface area (Å²) in [7, 11) is 0. The summed E-state index contributed by atoms with van der Waals surface area (Å²) in [5, 5.41) is 0. The molecule has 0 aliphatic carbocycles. The first-order chi connectivity index (χ1) is 8.15. The van der Waals surface area contributed by atoms with Gasteiger partial charge in [-0.15, -0.1) is 11.3 Å². The smallest absolute Gasteiger partial charge is 0.159 e. The number of nitrogens with zero attached hydrogens (tertiary/aromatic N) is 1. The number of hydrogen-bond donors (Lipinski definition) is 0. The number of Topliss-reactive ketones (excluding diaryl/α,β-unsaturated/α-hetero) is 1. The van der Waals surface area contributed by atoms with Crippen LogP contribution in [0.1, 0.15) is 22.2 Å². The van der Waals surface area contributed by atoms with E-state index in [4.69, 9.17) is 11.6 Å². The highest BCUT2D eigenvalue weighted by Gasteiger charge is 1.98. The van der Waals surface area contributed by atoms with Crippen molar-refractivity contribution < 1.29 is 4.79 Å². The molecule has 0 spiro atoms. The van der Waals surface area contributed by atoms with Crippen molar-refractivity contribution in [3.8, 4) is 0 Å². The minimum atomic E-state index is 0.0607. The van der Waals surface area contributed by atoms with Gasteiger partial charge >= 0.3 is 0 Å². The Morgan fingerprint density at radius 3 is 2.47 bits per heavy atom. The van der Waals surface area contributed by atoms with Crippen LogP contribution < -0.4 is 0 Å². The third-order valence-electron chi connectivity index (χ3n) is 2.21. The molecule has 0 atom stereocenters. The van der Waals surface area contributed by atoms with Crippen LogP contribution in [0.5, 0.6) is 0 Å². The summed E-state index contributed by atoms with van der Waals surface area (Å²) < 4.78 is 0.748. The zero-order valence-electron chi connectivity index (χ0n) is 9.18. The first kappa shape index (κ1) is 12.0. The number of rotatable bonds is 3. The minimum Gasteiger partial charge on any atom is -0.295 e. The number of benzene rings is 1. The standard InChI is InChI=1S/C13H10ClNOS/c1-9(16)10-2-4-11(5-3-10)15-8-12-6-7-13(14)17-12/h2-8H,1H3. The summed E-state index contributed by atoms with van der Waals surface area (Å²) in [4.78, 5) is 16.4. The lowest BCUT2D eigenvalue weighted by Crippen LogP contribution is -1.89. The fourth-order valence-electron chi connectivity index (χ4n) is 1.32. The zero-order valence-corrected chi connectivity index (χ0v) is 10.8. The number of hydrogen-bond acceptors (Lipinski definition) is 3. The fourth-order valence-corrected chi connectivity index (χ4v) is 2.25. The number of carbonyl (C=O) groups excluding carboxylic acids is 1. The van der Waals surface area contributed by atoms with Crippen molar-refractivity contribution in [1.29, 1.82) is 0 Å². The lowest BCUT2D eigenvalue weighted by Gasteiger charge is -1.95. The molecule has 0 N–H and O–H groups in total. The van der Waals surface area contributed by atoms with E-state index in [-0.39, 0.29) is 5.78 Å². The monoisotopic (exact) mass is 263 g/mol. The second-order valence-electron chi connectivity index (χ2n) is 3.50. The maximum atomic E-state index is 11.1. The summed E-state index contributed by atoms with van der Waals surface area (Å²) in [5.41, 5.74) is 1.52. The summed E-state index contributed by atoms with van der Waals surface area (Å²) >= 11 is 7.29. The van der Waals surface area contributed by atoms with E-state index in [1.54, 1.807) is 25.3 Å². The van der Waals surface area contributed by atoms with Gasteiger partial charge < -0.3 is 0 Å². The molecule has 1 aromatic carbocycles. The van der Waals surface area contributed by atoms with E-state index < -0.39 is 0 Å². The van der Waals surface area contributed by atoms with Gasteiger partial charge in [0.05, 0.1) is 10.0 Å². The lowest BCUT2D eigenvalue weighted by molar-refractivity contribution is 0.101. The molecule has 1 heterocycles. The van der Waals surface area contributed by atoms with Gasteiger partial charge in [-0.05, 0) is 43.3 Å². The third-order valence-corrected chi connectivity index (χ3v) is 3.37. The van der Waals surface area contributed by atoms with E-state index in [0.29, 0.717) is 5.56 Å². The van der Waals surface area contributed by atoms with Crippen molar-refractivity contribution in [3.63, 3.8) is 0 Å². The highest BCUT2D eigenvalue weighted by molar-refractivity contribution is 7.17. The van der Waals surface area contributed by atoms with Crippen molar-refractivity contribution in [2.75, 3.05) is 0 Å². The molecule has 0 radical (unpaired) electrons. The van der Waals surface area contributed by atoms with Crippen LogP contribution in [0, 0.1) is 0 Å². The zero-order chi connectivity index (χ0) is 12.3. The number of halogens is 1. The average molecular weight is 264 g/mol. The first-order valence-corrected chi connectivity index (χ1v) is 6.25. The van der Waals surface area contributed by atoms with E-state index in [1.165, 1.54) is 11.3 Å². The van der Waals surface area contributed by atoms with Crippen LogP contribution in [-0.2, 0) is 0 Å². The first-order valence-electron chi connectivity index (χ1n) is 5.05. The van der Waals surface area contributed by atoms with Crippen LogP contribution in [-0.4, -0.2) is 12.0 Å². The predicted octanol–water partition coefficient (Wildman–Crippen LogP) is 4.35. The second kappa shape index (κ2) is 5.25. The lowest BCUT2D eigenvalue weighted by atomic mass is 10.1. The Morgan fingerprint density at radius 1 is 1.24 bits per heavy atom. The van der Waals surface area contributed by atoms with Gasteiger partial charge in [0.1, 0.15) is 0 Å². The molecule has 0 saturated heterocycles. The molecule has 0 bridgehead atoms. The molecular weight excluding hydrogens is 254 g/mol. The average Bonchev–Trinajstić information content (AvgIpc) is 2.73. The maximum absolute atomic E-state index is 11.1. The van der Waals surface area contributed by atoms with Crippen molar-refractivity contribution in [2.24, 2.45) is 4.99 Å². The number of ketones is 1. The Morgan fingerprint density at radius 2 is 1.94 bits per heavy atom. The van der Waals surface area contributed by atoms with Gasteiger partial charge in [0.25, 0.3) is 0 Å². The largest absolute Gasteiger partial charge is 0.295 e. The van der Waals surface area contributed by atoms with E-state index in [9.17, 15) is 4.79 Å². The van der Waals surface area contributed by atoms with Gasteiger partial charge in [-0.2, -0.15) is 0 Å². The SMILES string of the molecule is CC(=O)c1ccc(N=Cc2ccc(Cl)s2)cc1. The molecule has 0 amide bonds. The molecule has 2 nitrogen and oxygen atoms in total. The van der Waals surface area contributed by atoms with Crippen LogP contribution >= 0.6 is 22.9 Å². The van der Waals surface area contributed by atoms with Gasteiger partial charge in [0.15, 0.2) is 5.78 Å². The summed E-state index contributed by atoms with van der Waals surface area (Å²) in [6, 6.07) is 10.9. The Hall–Kier alpha value is -1.45. The Labute approximate surface area is 109 Å². The molecule has 0 saturated carbocycles. The highest BCUT2D eigenvalue weighted by Crippen LogP contribution is 2.21. The highest BCUT2D eigenvalue weighted by atomic mass is 35.5. The molecule has 0 fully saturated rings. The Bertz CT molecular complexity index is 557. The van der Waals surface area contributed by atoms with Gasteiger partial charge in [-0.25, -0.2) is 0 Å². The molecule has 2 aromatic rings. The molecule has 1 aromatic heterocycles. The molecular formula is C13H10ClNOS. The summed E-state index contributed by atoms with van der Waals surface area (Å²) in [6.45, 7) is 1.55. The maximum Gasteiger partial charge on any atom is 0.159 e. The van der Waals surface area contributed by atoms with Crippen LogP contribution in [0.25, 0.3) is 0 Å². The molecule has 17 heavy (non-hydrogen) atoms. The normalized spacial score (nSPS) is 10.9. The molecule has 86 valence electrons. The molecule has 4 heteroatoms. The summed E-state index contributed by atoms with van der Waals surface area (Å²) in [5.74, 6) is 0.0607. The minimum absolute atomic E-state index is 0.0607. The topological polar surface area (TPSA) is 29.4 Å². The van der Waals surface area contributed by atoms with E-state index in [1.807, 2.05) is 24.3 Å². The Kier molecular flexibility index (Phi) is 3.71. The van der Waals surface area contributed by atoms with Crippen LogP contribution in [0.15, 0.2) is 41.4 Å². The Balaban J connectivity index is 2.13. The fraction of sp³-hybridized carbons (Fsp3) is 0.0769. The number of carbonyl (C=O) groups is 1. The van der Waals surface area contributed by atoms with E-state index >= 15 is 0 Å². The quantitative estimate of drug-likeness (QED) is 0.598.